The van der Waals surface area contributed by atoms with Crippen LogP contribution in [0.25, 0.3) is 34.4 Å². The average molecular weight is 723 g/mol. The van der Waals surface area contributed by atoms with E-state index in [1.165, 1.54) is 40.8 Å². The Kier molecular flexibility index (Phi) is 8.05. The van der Waals surface area contributed by atoms with Gasteiger partial charge < -0.3 is 0 Å². The second-order valence-electron chi connectivity index (χ2n) is 12.4. The molecule has 0 radical (unpaired) electrons. The van der Waals surface area contributed by atoms with Crippen LogP contribution in [0, 0.1) is 0 Å². The molecule has 0 saturated heterocycles. The van der Waals surface area contributed by atoms with E-state index in [1.807, 2.05) is 0 Å². The first kappa shape index (κ1) is 29.0. The number of fused-ring (bicyclic) bond motifs is 2. The van der Waals surface area contributed by atoms with E-state index in [1.54, 1.807) is 22.3 Å². The molecule has 0 fully saturated rings. The fourth-order valence-electron chi connectivity index (χ4n) is 7.75. The van der Waals surface area contributed by atoms with E-state index in [0.29, 0.717) is 7.35 Å². The van der Waals surface area contributed by atoms with Gasteiger partial charge in [0.05, 0.1) is 0 Å². The Morgan fingerprint density at radius 3 is 1.26 bits per heavy atom. The van der Waals surface area contributed by atoms with Gasteiger partial charge >= 0.3 is 221 Å². The summed E-state index contributed by atoms with van der Waals surface area (Å²) in [5, 5.41) is 0. The molecule has 0 heterocycles. The van der Waals surface area contributed by atoms with Crippen LogP contribution in [0.3, 0.4) is 0 Å². The van der Waals surface area contributed by atoms with E-state index in [-0.39, 0.29) is 24.8 Å². The van der Waals surface area contributed by atoms with Crippen molar-refractivity contribution in [2.75, 3.05) is 0 Å². The Hall–Kier alpha value is -1.97. The summed E-state index contributed by atoms with van der Waals surface area (Å²) < 4.78 is 6.77. The molecule has 0 N–H and O–H groups in total. The van der Waals surface area contributed by atoms with Crippen molar-refractivity contribution < 1.29 is 17.7 Å². The zero-order chi connectivity index (χ0) is 25.1. The number of hydrogen-bond donors (Lipinski definition) is 0. The minimum absolute atomic E-state index is 0. The van der Waals surface area contributed by atoms with E-state index in [4.69, 9.17) is 0 Å². The first-order valence-corrected chi connectivity index (χ1v) is 36.3. The molecule has 0 spiro atoms. The zero-order valence-corrected chi connectivity index (χ0v) is 30.1. The summed E-state index contributed by atoms with van der Waals surface area (Å²) in [7, 11) is 1.28. The fourth-order valence-corrected chi connectivity index (χ4v) is 43.6. The Labute approximate surface area is 243 Å². The third-order valence-electron chi connectivity index (χ3n) is 8.79. The third kappa shape index (κ3) is 4.58. The predicted molar refractivity (Wildman–Crippen MR) is 173 cm³/mol. The summed E-state index contributed by atoms with van der Waals surface area (Å²) in [5.74, 6) is 0. The molecule has 2 unspecified atom stereocenters. The van der Waals surface area contributed by atoms with Gasteiger partial charge in [-0.1, -0.05) is 0 Å². The Morgan fingerprint density at radius 2 is 0.895 bits per heavy atom. The first-order valence-electron chi connectivity index (χ1n) is 13.2. The number of allylic oxidation sites excluding steroid dienone is 2. The van der Waals surface area contributed by atoms with Crippen molar-refractivity contribution in [2.24, 2.45) is 0 Å². The number of rotatable bonds is 4. The summed E-state index contributed by atoms with van der Waals surface area (Å²) >= 11 is -3.51. The maximum atomic E-state index is 2.78. The molecule has 4 heteroatoms. The molecule has 0 saturated carbocycles. The van der Waals surface area contributed by atoms with Gasteiger partial charge in [-0.25, -0.2) is 0 Å². The second kappa shape index (κ2) is 10.5. The molecule has 0 amide bonds. The van der Waals surface area contributed by atoms with Crippen LogP contribution < -0.4 is 0 Å². The van der Waals surface area contributed by atoms with Crippen LogP contribution >= 0.6 is 24.8 Å². The molecule has 6 rings (SSSR count). The van der Waals surface area contributed by atoms with Crippen LogP contribution in [-0.4, -0.2) is 7.43 Å². The van der Waals surface area contributed by atoms with Crippen molar-refractivity contribution in [3.05, 3.63) is 130 Å². The van der Waals surface area contributed by atoms with Crippen molar-refractivity contribution in [3.63, 3.8) is 0 Å². The average Bonchev–Trinajstić information content (AvgIpc) is 3.41. The molecule has 2 aliphatic rings. The summed E-state index contributed by atoms with van der Waals surface area (Å²) in [6, 6.07) is 36.0. The molecular formula is C34H37Cl2HfSi. The molecule has 0 bridgehead atoms. The largest absolute Gasteiger partial charge is 0.147 e. The van der Waals surface area contributed by atoms with Gasteiger partial charge in [-0.05, 0) is 0 Å². The van der Waals surface area contributed by atoms with Gasteiger partial charge in [0.15, 0.2) is 0 Å². The van der Waals surface area contributed by atoms with Crippen molar-refractivity contribution in [1.82, 2.24) is 0 Å². The normalized spacial score (nSPS) is 18.7. The van der Waals surface area contributed by atoms with E-state index in [0.717, 1.165) is 0 Å². The monoisotopic (exact) mass is 723 g/mol. The van der Waals surface area contributed by atoms with E-state index >= 15 is 0 Å². The Morgan fingerprint density at radius 1 is 0.526 bits per heavy atom. The van der Waals surface area contributed by atoms with Gasteiger partial charge in [-0.15, -0.1) is 24.8 Å². The second-order valence-corrected chi connectivity index (χ2v) is 66.8. The molecular weight excluding hydrogens is 686 g/mol. The molecule has 0 nitrogen and oxygen atoms in total. The standard InChI is InChI=1S/2C16H13.2CH3.2ClH.Hf.H3Si/c2*1-12-10-14-8-5-9-15(16(14)11-12)13-6-3-2-4-7-13;;;;;;/h2*2-11H,1H3;2*1H3;2*1H;;1H3. The summed E-state index contributed by atoms with van der Waals surface area (Å²) in [6.07, 6.45) is 5.05. The van der Waals surface area contributed by atoms with Gasteiger partial charge in [0.25, 0.3) is 0 Å². The maximum absolute atomic E-state index is 3.51. The third-order valence-corrected chi connectivity index (χ3v) is 38.6. The van der Waals surface area contributed by atoms with Crippen LogP contribution in [0.15, 0.2) is 108 Å². The van der Waals surface area contributed by atoms with Crippen molar-refractivity contribution in [1.29, 1.82) is 0 Å². The van der Waals surface area contributed by atoms with Crippen molar-refractivity contribution >= 4 is 44.4 Å². The molecule has 2 aliphatic carbocycles. The SMILES string of the molecule is CC1=Cc2c(-c3ccccc3)cccc2[CH]1[Hf]([CH3])([CH3])([SiH3])[CH]1C(C)=Cc2c(-c3ccccc3)cccc21.Cl.Cl. The molecule has 0 aliphatic heterocycles. The Bertz CT molecular complexity index is 1430. The van der Waals surface area contributed by atoms with E-state index in [2.05, 4.69) is 132 Å². The van der Waals surface area contributed by atoms with Gasteiger partial charge in [-0.3, -0.25) is 0 Å². The predicted octanol–water partition coefficient (Wildman–Crippen LogP) is 9.55. The maximum Gasteiger partial charge on any atom is -0.147 e. The summed E-state index contributed by atoms with van der Waals surface area (Å²) in [6.45, 7) is 4.82. The van der Waals surface area contributed by atoms with E-state index < -0.39 is 17.7 Å². The Balaban J connectivity index is 0.00000168. The van der Waals surface area contributed by atoms with Crippen LogP contribution in [0.4, 0.5) is 0 Å². The van der Waals surface area contributed by atoms with Crippen molar-refractivity contribution in [2.45, 2.75) is 30.6 Å². The van der Waals surface area contributed by atoms with Crippen molar-refractivity contribution in [3.8, 4) is 22.3 Å². The molecule has 4 aromatic carbocycles. The van der Waals surface area contributed by atoms with Crippen LogP contribution in [0.1, 0.15) is 43.5 Å². The van der Waals surface area contributed by atoms with Crippen LogP contribution in [0.2, 0.25) is 9.36 Å². The topological polar surface area (TPSA) is 0 Å². The summed E-state index contributed by atoms with van der Waals surface area (Å²) in [4.78, 5) is 0. The van der Waals surface area contributed by atoms with Crippen LogP contribution in [-0.2, 0) is 17.7 Å². The number of hydrogen-bond acceptors (Lipinski definition) is 0. The molecule has 2 atom stereocenters. The van der Waals surface area contributed by atoms with Gasteiger partial charge in [0.1, 0.15) is 0 Å². The quantitative estimate of drug-likeness (QED) is 0.184. The number of halogens is 2. The van der Waals surface area contributed by atoms with Crippen LogP contribution in [0.5, 0.6) is 0 Å². The number of benzene rings is 4. The smallest absolute Gasteiger partial charge is 0.147 e. The molecule has 195 valence electrons. The fraction of sp³-hybridized carbons (Fsp3) is 0.176. The summed E-state index contributed by atoms with van der Waals surface area (Å²) in [5.41, 5.74) is 14.7. The zero-order valence-electron chi connectivity index (χ0n) is 22.9. The van der Waals surface area contributed by atoms with Gasteiger partial charge in [-0.2, -0.15) is 0 Å². The molecule has 0 aromatic heterocycles. The minimum Gasteiger partial charge on any atom is -0.147 e. The van der Waals surface area contributed by atoms with Gasteiger partial charge in [0.2, 0.25) is 0 Å². The first-order chi connectivity index (χ1) is 17.2. The minimum atomic E-state index is -3.51. The van der Waals surface area contributed by atoms with Gasteiger partial charge in [0, 0.05) is 0 Å². The van der Waals surface area contributed by atoms with E-state index in [9.17, 15) is 0 Å². The molecule has 38 heavy (non-hydrogen) atoms. The molecule has 4 aromatic rings.